The Morgan fingerprint density at radius 1 is 1.00 bits per heavy atom. The zero-order valence-corrected chi connectivity index (χ0v) is 13.2. The molecule has 2 aromatic carbocycles. The van der Waals surface area contributed by atoms with Crippen LogP contribution in [0.2, 0.25) is 0 Å². The number of carbonyl (C=O) groups excluding carboxylic acids is 1. The molecule has 0 unspecified atom stereocenters. The van der Waals surface area contributed by atoms with Crippen molar-refractivity contribution in [3.63, 3.8) is 0 Å². The van der Waals surface area contributed by atoms with Crippen LogP contribution in [-0.2, 0) is 17.6 Å². The summed E-state index contributed by atoms with van der Waals surface area (Å²) in [5.41, 5.74) is 3.69. The van der Waals surface area contributed by atoms with Gasteiger partial charge in [-0.3, -0.25) is 4.79 Å². The second-order valence-corrected chi connectivity index (χ2v) is 5.53. The number of amides is 1. The number of carboxylic acids is 1. The normalized spacial score (nSPS) is 10.3. The van der Waals surface area contributed by atoms with Crippen molar-refractivity contribution in [3.8, 4) is 0 Å². The molecule has 4 nitrogen and oxygen atoms in total. The van der Waals surface area contributed by atoms with E-state index in [0.29, 0.717) is 19.4 Å². The molecule has 0 aliphatic heterocycles. The summed E-state index contributed by atoms with van der Waals surface area (Å²) in [5.74, 6) is -0.892. The van der Waals surface area contributed by atoms with E-state index in [1.54, 1.807) is 24.3 Å². The third-order valence-electron chi connectivity index (χ3n) is 3.82. The molecule has 4 heteroatoms. The minimum absolute atomic E-state index is 0.0374. The topological polar surface area (TPSA) is 66.4 Å². The molecule has 1 amide bonds. The molecule has 0 aromatic heterocycles. The number of rotatable bonds is 7. The standard InChI is InChI=1S/C19H21NO3/c1-14-4-2-3-5-16(14)10-11-18(21)20-13-12-15-6-8-17(9-7-15)19(22)23/h2-9H,10-13H2,1H3,(H,20,21)(H,22,23). The zero-order valence-electron chi connectivity index (χ0n) is 13.2. The average Bonchev–Trinajstić information content (AvgIpc) is 2.54. The molecule has 2 rings (SSSR count). The molecule has 23 heavy (non-hydrogen) atoms. The van der Waals surface area contributed by atoms with E-state index in [1.165, 1.54) is 11.1 Å². The molecule has 2 aromatic rings. The van der Waals surface area contributed by atoms with Crippen LogP contribution in [0.4, 0.5) is 0 Å². The van der Waals surface area contributed by atoms with Gasteiger partial charge in [0.1, 0.15) is 0 Å². The molecular weight excluding hydrogens is 290 g/mol. The van der Waals surface area contributed by atoms with Gasteiger partial charge >= 0.3 is 5.97 Å². The van der Waals surface area contributed by atoms with Crippen molar-refractivity contribution in [3.05, 3.63) is 70.8 Å². The summed E-state index contributed by atoms with van der Waals surface area (Å²) in [5, 5.41) is 11.7. The van der Waals surface area contributed by atoms with Crippen LogP contribution in [0.5, 0.6) is 0 Å². The van der Waals surface area contributed by atoms with Gasteiger partial charge in [0.2, 0.25) is 5.91 Å². The maximum atomic E-state index is 11.9. The van der Waals surface area contributed by atoms with Gasteiger partial charge in [-0.1, -0.05) is 36.4 Å². The Labute approximate surface area is 136 Å². The van der Waals surface area contributed by atoms with E-state index in [9.17, 15) is 9.59 Å². The van der Waals surface area contributed by atoms with E-state index < -0.39 is 5.97 Å². The van der Waals surface area contributed by atoms with E-state index in [1.807, 2.05) is 31.2 Å². The molecule has 0 heterocycles. The van der Waals surface area contributed by atoms with Crippen LogP contribution in [0.1, 0.15) is 33.5 Å². The van der Waals surface area contributed by atoms with Gasteiger partial charge < -0.3 is 10.4 Å². The average molecular weight is 311 g/mol. The van der Waals surface area contributed by atoms with Crippen LogP contribution < -0.4 is 5.32 Å². The summed E-state index contributed by atoms with van der Waals surface area (Å²) in [6, 6.07) is 14.8. The van der Waals surface area contributed by atoms with Crippen molar-refractivity contribution in [1.82, 2.24) is 5.32 Å². The Morgan fingerprint density at radius 3 is 2.35 bits per heavy atom. The van der Waals surface area contributed by atoms with Gasteiger partial charge in [0.05, 0.1) is 5.56 Å². The first-order valence-electron chi connectivity index (χ1n) is 7.69. The molecule has 0 atom stereocenters. The molecule has 0 aliphatic rings. The number of hydrogen-bond acceptors (Lipinski definition) is 2. The first-order chi connectivity index (χ1) is 11.1. The maximum absolute atomic E-state index is 11.9. The smallest absolute Gasteiger partial charge is 0.335 e. The Kier molecular flexibility index (Phi) is 5.92. The summed E-state index contributed by atoms with van der Waals surface area (Å²) in [7, 11) is 0. The lowest BCUT2D eigenvalue weighted by Crippen LogP contribution is -2.25. The number of nitrogens with one attached hydrogen (secondary N) is 1. The lowest BCUT2D eigenvalue weighted by Gasteiger charge is -2.07. The Hall–Kier alpha value is -2.62. The van der Waals surface area contributed by atoms with Crippen LogP contribution >= 0.6 is 0 Å². The van der Waals surface area contributed by atoms with Gasteiger partial charge in [-0.2, -0.15) is 0 Å². The summed E-state index contributed by atoms with van der Waals surface area (Å²) < 4.78 is 0. The highest BCUT2D eigenvalue weighted by atomic mass is 16.4. The molecule has 120 valence electrons. The second kappa shape index (κ2) is 8.13. The lowest BCUT2D eigenvalue weighted by atomic mass is 10.0. The first kappa shape index (κ1) is 16.7. The second-order valence-electron chi connectivity index (χ2n) is 5.53. The largest absolute Gasteiger partial charge is 0.478 e. The van der Waals surface area contributed by atoms with Crippen LogP contribution in [0.15, 0.2) is 48.5 Å². The zero-order chi connectivity index (χ0) is 16.7. The van der Waals surface area contributed by atoms with Gasteiger partial charge in [0.25, 0.3) is 0 Å². The fourth-order valence-corrected chi connectivity index (χ4v) is 2.39. The molecular formula is C19H21NO3. The minimum atomic E-state index is -0.930. The predicted molar refractivity (Wildman–Crippen MR) is 89.6 cm³/mol. The number of carbonyl (C=O) groups is 2. The SMILES string of the molecule is Cc1ccccc1CCC(=O)NCCc1ccc(C(=O)O)cc1. The fraction of sp³-hybridized carbons (Fsp3) is 0.263. The van der Waals surface area contributed by atoms with Gasteiger partial charge in [0.15, 0.2) is 0 Å². The van der Waals surface area contributed by atoms with Crippen LogP contribution in [0.3, 0.4) is 0 Å². The summed E-state index contributed by atoms with van der Waals surface area (Å²) >= 11 is 0. The molecule has 0 saturated carbocycles. The van der Waals surface area contributed by atoms with E-state index in [-0.39, 0.29) is 11.5 Å². The van der Waals surface area contributed by atoms with Crippen molar-refractivity contribution < 1.29 is 14.7 Å². The molecule has 2 N–H and O–H groups in total. The van der Waals surface area contributed by atoms with E-state index >= 15 is 0 Å². The van der Waals surface area contributed by atoms with E-state index in [0.717, 1.165) is 12.0 Å². The van der Waals surface area contributed by atoms with Gasteiger partial charge in [0, 0.05) is 13.0 Å². The quantitative estimate of drug-likeness (QED) is 0.826. The monoisotopic (exact) mass is 311 g/mol. The van der Waals surface area contributed by atoms with Crippen LogP contribution in [0, 0.1) is 6.92 Å². The molecule has 0 bridgehead atoms. The van der Waals surface area contributed by atoms with Crippen LogP contribution in [0.25, 0.3) is 0 Å². The summed E-state index contributed by atoms with van der Waals surface area (Å²) in [4.78, 5) is 22.6. The number of carboxylic acid groups (broad SMARTS) is 1. The number of hydrogen-bond donors (Lipinski definition) is 2. The highest BCUT2D eigenvalue weighted by molar-refractivity contribution is 5.87. The predicted octanol–water partition coefficient (Wildman–Crippen LogP) is 2.98. The van der Waals surface area contributed by atoms with Crippen molar-refractivity contribution in [1.29, 1.82) is 0 Å². The first-order valence-corrected chi connectivity index (χ1v) is 7.69. The van der Waals surface area contributed by atoms with E-state index in [2.05, 4.69) is 5.32 Å². The summed E-state index contributed by atoms with van der Waals surface area (Å²) in [6.45, 7) is 2.60. The molecule has 0 fully saturated rings. The van der Waals surface area contributed by atoms with Gasteiger partial charge in [-0.25, -0.2) is 4.79 Å². The fourth-order valence-electron chi connectivity index (χ4n) is 2.39. The summed E-state index contributed by atoms with van der Waals surface area (Å²) in [6.07, 6.45) is 1.91. The van der Waals surface area contributed by atoms with Gasteiger partial charge in [-0.15, -0.1) is 0 Å². The number of benzene rings is 2. The van der Waals surface area contributed by atoms with Crippen molar-refractivity contribution in [2.75, 3.05) is 6.54 Å². The Bertz CT molecular complexity index is 677. The highest BCUT2D eigenvalue weighted by Gasteiger charge is 2.05. The van der Waals surface area contributed by atoms with Crippen molar-refractivity contribution in [2.45, 2.75) is 26.2 Å². The molecule has 0 aliphatic carbocycles. The Balaban J connectivity index is 1.72. The lowest BCUT2D eigenvalue weighted by molar-refractivity contribution is -0.121. The van der Waals surface area contributed by atoms with Crippen LogP contribution in [-0.4, -0.2) is 23.5 Å². The Morgan fingerprint density at radius 2 is 1.70 bits per heavy atom. The molecule has 0 saturated heterocycles. The molecule has 0 spiro atoms. The van der Waals surface area contributed by atoms with Gasteiger partial charge in [-0.05, 0) is 48.6 Å². The molecule has 0 radical (unpaired) electrons. The number of aromatic carboxylic acids is 1. The van der Waals surface area contributed by atoms with Crippen molar-refractivity contribution >= 4 is 11.9 Å². The highest BCUT2D eigenvalue weighted by Crippen LogP contribution is 2.09. The third kappa shape index (κ3) is 5.25. The minimum Gasteiger partial charge on any atom is -0.478 e. The van der Waals surface area contributed by atoms with E-state index in [4.69, 9.17) is 5.11 Å². The third-order valence-corrected chi connectivity index (χ3v) is 3.82. The number of aryl methyl sites for hydroxylation is 2. The van der Waals surface area contributed by atoms with Crippen molar-refractivity contribution in [2.24, 2.45) is 0 Å². The maximum Gasteiger partial charge on any atom is 0.335 e.